The highest BCUT2D eigenvalue weighted by Crippen LogP contribution is 2.22. The van der Waals surface area contributed by atoms with Gasteiger partial charge in [0.15, 0.2) is 0 Å². The number of nitrogens with one attached hydrogen (secondary N) is 1. The maximum absolute atomic E-state index is 13.6. The normalized spacial score (nSPS) is 11.5. The van der Waals surface area contributed by atoms with Crippen LogP contribution in [-0.4, -0.2) is 42.2 Å². The van der Waals surface area contributed by atoms with Gasteiger partial charge >= 0.3 is 0 Å². The molecule has 2 amide bonds. The van der Waals surface area contributed by atoms with Gasteiger partial charge in [-0.15, -0.1) is 11.8 Å². The van der Waals surface area contributed by atoms with E-state index in [2.05, 4.69) is 5.32 Å². The van der Waals surface area contributed by atoms with Gasteiger partial charge in [0.2, 0.25) is 11.8 Å². The average Bonchev–Trinajstić information content (AvgIpc) is 2.89. The number of ether oxygens (including phenoxy) is 1. The van der Waals surface area contributed by atoms with Gasteiger partial charge in [0, 0.05) is 24.4 Å². The van der Waals surface area contributed by atoms with Crippen LogP contribution < -0.4 is 10.1 Å². The SMILES string of the molecule is CCCNC(=O)[C@H](Cc1ccccc1)N(Cc1cccc(OC)c1)C(=O)CSc1ccccc1. The summed E-state index contributed by atoms with van der Waals surface area (Å²) in [5.74, 6) is 0.759. The molecule has 0 saturated heterocycles. The van der Waals surface area contributed by atoms with Crippen LogP contribution in [0.2, 0.25) is 0 Å². The molecule has 0 aliphatic rings. The minimum absolute atomic E-state index is 0.0794. The van der Waals surface area contributed by atoms with Gasteiger partial charge in [-0.3, -0.25) is 9.59 Å². The van der Waals surface area contributed by atoms with Crippen LogP contribution in [0.4, 0.5) is 0 Å². The number of carbonyl (C=O) groups is 2. The minimum Gasteiger partial charge on any atom is -0.497 e. The molecule has 0 unspecified atom stereocenters. The Labute approximate surface area is 206 Å². The highest BCUT2D eigenvalue weighted by Gasteiger charge is 2.30. The summed E-state index contributed by atoms with van der Waals surface area (Å²) in [4.78, 5) is 29.6. The summed E-state index contributed by atoms with van der Waals surface area (Å²) in [6.07, 6.45) is 1.28. The molecule has 1 N–H and O–H groups in total. The van der Waals surface area contributed by atoms with Gasteiger partial charge in [-0.25, -0.2) is 0 Å². The third-order valence-corrected chi connectivity index (χ3v) is 6.41. The number of thioether (sulfide) groups is 1. The van der Waals surface area contributed by atoms with Crippen LogP contribution in [0.1, 0.15) is 24.5 Å². The van der Waals surface area contributed by atoms with Gasteiger partial charge in [0.1, 0.15) is 11.8 Å². The van der Waals surface area contributed by atoms with Crippen molar-refractivity contribution in [3.63, 3.8) is 0 Å². The summed E-state index contributed by atoms with van der Waals surface area (Å²) >= 11 is 1.48. The number of hydrogen-bond donors (Lipinski definition) is 1. The van der Waals surface area contributed by atoms with Gasteiger partial charge in [0.05, 0.1) is 12.9 Å². The first kappa shape index (κ1) is 25.4. The highest BCUT2D eigenvalue weighted by molar-refractivity contribution is 8.00. The Morgan fingerprint density at radius 2 is 1.62 bits per heavy atom. The van der Waals surface area contributed by atoms with Crippen molar-refractivity contribution in [2.45, 2.75) is 37.2 Å². The van der Waals surface area contributed by atoms with Gasteiger partial charge in [-0.1, -0.05) is 67.6 Å². The molecule has 1 atom stereocenters. The zero-order chi connectivity index (χ0) is 24.2. The van der Waals surface area contributed by atoms with Crippen molar-refractivity contribution in [3.05, 3.63) is 96.1 Å². The number of nitrogens with zero attached hydrogens (tertiary/aromatic N) is 1. The van der Waals surface area contributed by atoms with E-state index < -0.39 is 6.04 Å². The van der Waals surface area contributed by atoms with E-state index in [9.17, 15) is 9.59 Å². The topological polar surface area (TPSA) is 58.6 Å². The van der Waals surface area contributed by atoms with E-state index in [0.717, 1.165) is 28.2 Å². The molecule has 0 radical (unpaired) electrons. The Morgan fingerprint density at radius 3 is 2.29 bits per heavy atom. The fraction of sp³-hybridized carbons (Fsp3) is 0.286. The first-order chi connectivity index (χ1) is 16.6. The second-order valence-corrected chi connectivity index (χ2v) is 9.02. The van der Waals surface area contributed by atoms with E-state index in [1.807, 2.05) is 91.9 Å². The van der Waals surface area contributed by atoms with Crippen molar-refractivity contribution in [2.24, 2.45) is 0 Å². The van der Waals surface area contributed by atoms with E-state index in [1.165, 1.54) is 11.8 Å². The van der Waals surface area contributed by atoms with Crippen molar-refractivity contribution >= 4 is 23.6 Å². The van der Waals surface area contributed by atoms with Crippen molar-refractivity contribution in [1.82, 2.24) is 10.2 Å². The number of hydrogen-bond acceptors (Lipinski definition) is 4. The van der Waals surface area contributed by atoms with Crippen molar-refractivity contribution in [2.75, 3.05) is 19.4 Å². The minimum atomic E-state index is -0.621. The summed E-state index contributed by atoms with van der Waals surface area (Å²) in [6.45, 7) is 2.91. The third-order valence-electron chi connectivity index (χ3n) is 5.41. The van der Waals surface area contributed by atoms with Crippen LogP contribution in [0.15, 0.2) is 89.8 Å². The lowest BCUT2D eigenvalue weighted by Crippen LogP contribution is -2.51. The molecule has 34 heavy (non-hydrogen) atoms. The lowest BCUT2D eigenvalue weighted by molar-refractivity contribution is -0.139. The molecule has 0 spiro atoms. The fourth-order valence-electron chi connectivity index (χ4n) is 3.63. The largest absolute Gasteiger partial charge is 0.497 e. The molecule has 0 aliphatic carbocycles. The Bertz CT molecular complexity index is 1040. The molecule has 0 heterocycles. The molecule has 3 aromatic carbocycles. The second-order valence-electron chi connectivity index (χ2n) is 7.97. The summed E-state index contributed by atoms with van der Waals surface area (Å²) in [5, 5.41) is 3.01. The summed E-state index contributed by atoms with van der Waals surface area (Å²) in [6, 6.07) is 26.7. The van der Waals surface area contributed by atoms with Crippen molar-refractivity contribution in [1.29, 1.82) is 0 Å². The van der Waals surface area contributed by atoms with Crippen LogP contribution in [0.5, 0.6) is 5.75 Å². The van der Waals surface area contributed by atoms with Gasteiger partial charge in [-0.05, 0) is 41.8 Å². The first-order valence-corrected chi connectivity index (χ1v) is 12.5. The molecule has 5 nitrogen and oxygen atoms in total. The smallest absolute Gasteiger partial charge is 0.243 e. The van der Waals surface area contributed by atoms with E-state index in [0.29, 0.717) is 19.5 Å². The highest BCUT2D eigenvalue weighted by atomic mass is 32.2. The molecule has 178 valence electrons. The molecule has 0 fully saturated rings. The predicted octanol–water partition coefficient (Wildman–Crippen LogP) is 4.95. The standard InChI is InChI=1S/C28H32N2O3S/c1-3-17-29-28(32)26(19-22-11-6-4-7-12-22)30(20-23-13-10-14-24(18-23)33-2)27(31)21-34-25-15-8-5-9-16-25/h4-16,18,26H,3,17,19-21H2,1-2H3,(H,29,32)/t26-/m0/s1. The molecular formula is C28H32N2O3S. The maximum atomic E-state index is 13.6. The lowest BCUT2D eigenvalue weighted by atomic mass is 10.0. The number of carbonyl (C=O) groups excluding carboxylic acids is 2. The molecule has 0 saturated carbocycles. The van der Waals surface area contributed by atoms with Gasteiger partial charge < -0.3 is 15.0 Å². The predicted molar refractivity (Wildman–Crippen MR) is 138 cm³/mol. The average molecular weight is 477 g/mol. The molecule has 3 rings (SSSR count). The van der Waals surface area contributed by atoms with Crippen LogP contribution in [0.25, 0.3) is 0 Å². The maximum Gasteiger partial charge on any atom is 0.243 e. The quantitative estimate of drug-likeness (QED) is 0.376. The van der Waals surface area contributed by atoms with Crippen molar-refractivity contribution in [3.8, 4) is 5.75 Å². The summed E-state index contributed by atoms with van der Waals surface area (Å²) in [5.41, 5.74) is 1.93. The molecule has 6 heteroatoms. The van der Waals surface area contributed by atoms with Crippen molar-refractivity contribution < 1.29 is 14.3 Å². The zero-order valence-electron chi connectivity index (χ0n) is 19.8. The third kappa shape index (κ3) is 7.66. The Kier molecular flexibility index (Phi) is 10.0. The van der Waals surface area contributed by atoms with E-state index >= 15 is 0 Å². The number of amides is 2. The van der Waals surface area contributed by atoms with Crippen LogP contribution >= 0.6 is 11.8 Å². The molecule has 0 aromatic heterocycles. The molecular weight excluding hydrogens is 444 g/mol. The lowest BCUT2D eigenvalue weighted by Gasteiger charge is -2.31. The van der Waals surface area contributed by atoms with Gasteiger partial charge in [0.25, 0.3) is 0 Å². The molecule has 0 aliphatic heterocycles. The summed E-state index contributed by atoms with van der Waals surface area (Å²) < 4.78 is 5.37. The Morgan fingerprint density at radius 1 is 0.941 bits per heavy atom. The van der Waals surface area contributed by atoms with Crippen LogP contribution in [0, 0.1) is 0 Å². The second kappa shape index (κ2) is 13.5. The fourth-order valence-corrected chi connectivity index (χ4v) is 4.44. The first-order valence-electron chi connectivity index (χ1n) is 11.5. The van der Waals surface area contributed by atoms with Gasteiger partial charge in [-0.2, -0.15) is 0 Å². The van der Waals surface area contributed by atoms with E-state index in [4.69, 9.17) is 4.74 Å². The van der Waals surface area contributed by atoms with Crippen LogP contribution in [-0.2, 0) is 22.6 Å². The van der Waals surface area contributed by atoms with E-state index in [1.54, 1.807) is 12.0 Å². The monoisotopic (exact) mass is 476 g/mol. The Balaban J connectivity index is 1.90. The van der Waals surface area contributed by atoms with Crippen LogP contribution in [0.3, 0.4) is 0 Å². The molecule has 0 bridgehead atoms. The number of benzene rings is 3. The number of methoxy groups -OCH3 is 1. The zero-order valence-corrected chi connectivity index (χ0v) is 20.6. The Hall–Kier alpha value is -3.25. The summed E-state index contributed by atoms with van der Waals surface area (Å²) in [7, 11) is 1.62. The number of rotatable bonds is 12. The molecule has 3 aromatic rings. The van der Waals surface area contributed by atoms with E-state index in [-0.39, 0.29) is 17.6 Å².